The van der Waals surface area contributed by atoms with Crippen molar-refractivity contribution in [1.82, 2.24) is 0 Å². The number of hydrogen-bond acceptors (Lipinski definition) is 0. The van der Waals surface area contributed by atoms with Gasteiger partial charge in [-0.1, -0.05) is 95.2 Å². The van der Waals surface area contributed by atoms with Crippen molar-refractivity contribution in [1.29, 1.82) is 0 Å². The lowest BCUT2D eigenvalue weighted by Crippen LogP contribution is -2.18. The molecule has 0 atom stereocenters. The first-order chi connectivity index (χ1) is 12.4. The summed E-state index contributed by atoms with van der Waals surface area (Å²) in [6.07, 6.45) is 0. The van der Waals surface area contributed by atoms with Crippen LogP contribution in [0.3, 0.4) is 0 Å². The van der Waals surface area contributed by atoms with E-state index in [1.807, 2.05) is 0 Å². The van der Waals surface area contributed by atoms with Gasteiger partial charge in [0.1, 0.15) is 0 Å². The predicted molar refractivity (Wildman–Crippen MR) is 124 cm³/mol. The molecule has 2 radical (unpaired) electrons. The van der Waals surface area contributed by atoms with Gasteiger partial charge in [0.15, 0.2) is 0 Å². The number of benzene rings is 2. The fourth-order valence-corrected chi connectivity index (χ4v) is 3.10. The van der Waals surface area contributed by atoms with Crippen molar-refractivity contribution >= 4 is 0 Å². The van der Waals surface area contributed by atoms with Gasteiger partial charge in [0.05, 0.1) is 0 Å². The van der Waals surface area contributed by atoms with Crippen LogP contribution in [0.4, 0.5) is 0 Å². The normalized spacial score (nSPS) is 13.7. The van der Waals surface area contributed by atoms with Gasteiger partial charge >= 0.3 is 0 Å². The first-order valence-corrected chi connectivity index (χ1v) is 10.6. The van der Waals surface area contributed by atoms with E-state index in [0.29, 0.717) is 0 Å². The smallest absolute Gasteiger partial charge is 0.00583 e. The van der Waals surface area contributed by atoms with Crippen LogP contribution in [0.15, 0.2) is 24.3 Å². The third-order valence-corrected chi connectivity index (χ3v) is 5.38. The van der Waals surface area contributed by atoms with Gasteiger partial charge in [-0.25, -0.2) is 0 Å². The van der Waals surface area contributed by atoms with E-state index in [9.17, 15) is 0 Å². The van der Waals surface area contributed by atoms with Gasteiger partial charge < -0.3 is 0 Å². The lowest BCUT2D eigenvalue weighted by atomic mass is 9.76. The van der Waals surface area contributed by atoms with E-state index in [1.54, 1.807) is 0 Å². The molecule has 0 saturated carbocycles. The SMILES string of the molecule is CC(C)(C)c1[c]c(-c2[c]c(C(C)(C)C)cc(C(C)(C)C)c2)cc(C(C)(C)C)c1. The zero-order valence-corrected chi connectivity index (χ0v) is 20.3. The predicted octanol–water partition coefficient (Wildman–Crippen LogP) is 8.14. The summed E-state index contributed by atoms with van der Waals surface area (Å²) < 4.78 is 0. The van der Waals surface area contributed by atoms with Crippen LogP contribution in [0.25, 0.3) is 11.1 Å². The molecule has 2 aromatic rings. The van der Waals surface area contributed by atoms with Gasteiger partial charge in [-0.2, -0.15) is 0 Å². The summed E-state index contributed by atoms with van der Waals surface area (Å²) in [5, 5.41) is 0. The van der Waals surface area contributed by atoms with Crippen molar-refractivity contribution in [2.75, 3.05) is 0 Å². The summed E-state index contributed by atoms with van der Waals surface area (Å²) >= 11 is 0. The van der Waals surface area contributed by atoms with Crippen LogP contribution in [0.5, 0.6) is 0 Å². The highest BCUT2D eigenvalue weighted by Crippen LogP contribution is 2.37. The largest absolute Gasteiger partial charge is 0.0561 e. The molecule has 0 aromatic heterocycles. The summed E-state index contributed by atoms with van der Waals surface area (Å²) in [7, 11) is 0. The van der Waals surface area contributed by atoms with Crippen molar-refractivity contribution in [3.05, 3.63) is 58.7 Å². The molecule has 152 valence electrons. The molecule has 0 N–H and O–H groups in total. The molecule has 0 aliphatic heterocycles. The van der Waals surface area contributed by atoms with Gasteiger partial charge in [-0.15, -0.1) is 0 Å². The summed E-state index contributed by atoms with van der Waals surface area (Å²) in [5.74, 6) is 0. The van der Waals surface area contributed by atoms with Crippen molar-refractivity contribution < 1.29 is 0 Å². The molecule has 0 bridgehead atoms. The van der Waals surface area contributed by atoms with Crippen LogP contribution < -0.4 is 0 Å². The molecule has 0 heterocycles. The molecule has 0 heteroatoms. The zero-order valence-electron chi connectivity index (χ0n) is 20.3. The second-order valence-electron chi connectivity index (χ2n) is 12.4. The van der Waals surface area contributed by atoms with Crippen molar-refractivity contribution in [2.45, 2.75) is 105 Å². The summed E-state index contributed by atoms with van der Waals surface area (Å²) in [4.78, 5) is 0. The van der Waals surface area contributed by atoms with E-state index < -0.39 is 0 Å². The number of hydrogen-bond donors (Lipinski definition) is 0. The first kappa shape index (κ1) is 22.7. The molecule has 0 fully saturated rings. The summed E-state index contributed by atoms with van der Waals surface area (Å²) in [5.41, 5.74) is 7.88. The Morgan fingerprint density at radius 3 is 0.929 bits per heavy atom. The summed E-state index contributed by atoms with van der Waals surface area (Å²) in [6, 6.07) is 16.8. The Balaban J connectivity index is 2.83. The summed E-state index contributed by atoms with van der Waals surface area (Å²) in [6.45, 7) is 27.3. The molecule has 2 aromatic carbocycles. The Labute approximate surface area is 174 Å². The fraction of sp³-hybridized carbons (Fsp3) is 0.571. The van der Waals surface area contributed by atoms with Crippen LogP contribution >= 0.6 is 0 Å². The zero-order chi connectivity index (χ0) is 21.7. The maximum absolute atomic E-state index is 3.74. The van der Waals surface area contributed by atoms with Crippen molar-refractivity contribution in [3.8, 4) is 11.1 Å². The Morgan fingerprint density at radius 1 is 0.429 bits per heavy atom. The van der Waals surface area contributed by atoms with Gasteiger partial charge in [-0.05, 0) is 79.3 Å². The maximum Gasteiger partial charge on any atom is -0.00583 e. The quantitative estimate of drug-likeness (QED) is 0.471. The minimum absolute atomic E-state index is 0.0600. The monoisotopic (exact) mass is 376 g/mol. The molecule has 0 unspecified atom stereocenters. The molecule has 0 spiro atoms. The molecule has 0 saturated heterocycles. The van der Waals surface area contributed by atoms with E-state index >= 15 is 0 Å². The van der Waals surface area contributed by atoms with Gasteiger partial charge in [-0.3, -0.25) is 0 Å². The van der Waals surface area contributed by atoms with Gasteiger partial charge in [0, 0.05) is 0 Å². The molecular weight excluding hydrogens is 336 g/mol. The number of rotatable bonds is 1. The lowest BCUT2D eigenvalue weighted by Gasteiger charge is -2.28. The first-order valence-electron chi connectivity index (χ1n) is 10.6. The average molecular weight is 377 g/mol. The van der Waals surface area contributed by atoms with Crippen molar-refractivity contribution in [3.63, 3.8) is 0 Å². The van der Waals surface area contributed by atoms with Crippen LogP contribution in [-0.2, 0) is 21.7 Å². The Kier molecular flexibility index (Phi) is 5.72. The van der Waals surface area contributed by atoms with Crippen LogP contribution in [0.2, 0.25) is 0 Å². The molecule has 0 nitrogen and oxygen atoms in total. The maximum atomic E-state index is 3.74. The van der Waals surface area contributed by atoms with E-state index in [4.69, 9.17) is 0 Å². The van der Waals surface area contributed by atoms with Crippen LogP contribution in [0.1, 0.15) is 105 Å². The van der Waals surface area contributed by atoms with Crippen molar-refractivity contribution in [2.24, 2.45) is 0 Å². The standard InChI is InChI=1S/C28H40/c1-25(2,3)21-13-19(14-22(17-21)26(4,5)6)20-15-23(27(7,8)9)18-24(16-20)28(10,11)12/h13,15,17-18H,1-12H3. The molecule has 0 aliphatic carbocycles. The van der Waals surface area contributed by atoms with E-state index in [-0.39, 0.29) is 21.7 Å². The van der Waals surface area contributed by atoms with Crippen LogP contribution in [-0.4, -0.2) is 0 Å². The third-order valence-electron chi connectivity index (χ3n) is 5.38. The lowest BCUT2D eigenvalue weighted by molar-refractivity contribution is 0.566. The van der Waals surface area contributed by atoms with E-state index in [2.05, 4.69) is 119 Å². The third kappa shape index (κ3) is 5.28. The van der Waals surface area contributed by atoms with Gasteiger partial charge in [0.25, 0.3) is 0 Å². The minimum Gasteiger partial charge on any atom is -0.0561 e. The second kappa shape index (κ2) is 7.05. The molecule has 2 rings (SSSR count). The topological polar surface area (TPSA) is 0 Å². The highest BCUT2D eigenvalue weighted by atomic mass is 14.3. The van der Waals surface area contributed by atoms with Crippen LogP contribution in [0, 0.1) is 12.1 Å². The second-order valence-corrected chi connectivity index (χ2v) is 12.4. The Bertz CT molecular complexity index is 700. The average Bonchev–Trinajstić information content (AvgIpc) is 2.50. The Morgan fingerprint density at radius 2 is 0.714 bits per heavy atom. The fourth-order valence-electron chi connectivity index (χ4n) is 3.10. The van der Waals surface area contributed by atoms with E-state index in [0.717, 1.165) is 11.1 Å². The molecule has 28 heavy (non-hydrogen) atoms. The highest BCUT2D eigenvalue weighted by molar-refractivity contribution is 5.67. The van der Waals surface area contributed by atoms with E-state index in [1.165, 1.54) is 22.3 Å². The minimum atomic E-state index is 0.0600. The molecule has 0 aliphatic rings. The highest BCUT2D eigenvalue weighted by Gasteiger charge is 2.24. The molecular formula is C28H40. The Hall–Kier alpha value is -1.56. The molecule has 0 amide bonds. The van der Waals surface area contributed by atoms with Gasteiger partial charge in [0.2, 0.25) is 0 Å².